The number of hydrogen-bond donors (Lipinski definition) is 0. The average Bonchev–Trinajstić information content (AvgIpc) is 2.65. The highest BCUT2D eigenvalue weighted by Crippen LogP contribution is 2.55. The smallest absolute Gasteiger partial charge is 0.201 e. The Kier molecular flexibility index (Phi) is 5.60. The van der Waals surface area contributed by atoms with Gasteiger partial charge < -0.3 is 0 Å². The van der Waals surface area contributed by atoms with Crippen LogP contribution in [-0.4, -0.2) is 10.9 Å². The molecule has 0 spiro atoms. The Morgan fingerprint density at radius 3 is 1.29 bits per heavy atom. The number of rotatable bonds is 6. The molecule has 0 N–H and O–H groups in total. The standard InChI is InChI=1S/C21H19BrOP/c22-21(23)16-17-24(18-10-4-1-5-11-18,19-12-6-2-7-13-19)20-14-8-3-9-15-20/h1-15H,16-17H2/q+1. The maximum absolute atomic E-state index is 11.7. The Balaban J connectivity index is 2.26. The summed E-state index contributed by atoms with van der Waals surface area (Å²) in [5.74, 6) is 0. The fraction of sp³-hybridized carbons (Fsp3) is 0.0952. The Labute approximate surface area is 152 Å². The van der Waals surface area contributed by atoms with Gasteiger partial charge in [-0.25, -0.2) is 0 Å². The van der Waals surface area contributed by atoms with Gasteiger partial charge in [-0.2, -0.15) is 0 Å². The van der Waals surface area contributed by atoms with Gasteiger partial charge >= 0.3 is 0 Å². The Bertz CT molecular complexity index is 691. The molecule has 0 aromatic heterocycles. The van der Waals surface area contributed by atoms with Crippen LogP contribution in [0.4, 0.5) is 0 Å². The van der Waals surface area contributed by atoms with Crippen LogP contribution in [0.5, 0.6) is 0 Å². The van der Waals surface area contributed by atoms with Gasteiger partial charge in [-0.05, 0) is 52.3 Å². The molecule has 0 aliphatic carbocycles. The molecular formula is C21H19BrOP+. The van der Waals surface area contributed by atoms with Crippen LogP contribution in [0.3, 0.4) is 0 Å². The Morgan fingerprint density at radius 2 is 1.00 bits per heavy atom. The summed E-state index contributed by atoms with van der Waals surface area (Å²) < 4.78 is 0.0645. The molecule has 0 aliphatic rings. The third-order valence-corrected chi connectivity index (χ3v) is 9.06. The van der Waals surface area contributed by atoms with E-state index in [1.54, 1.807) is 0 Å². The fourth-order valence-electron chi connectivity index (χ4n) is 3.14. The molecule has 3 aromatic rings. The molecule has 1 nitrogen and oxygen atoms in total. The van der Waals surface area contributed by atoms with Gasteiger partial charge in [0.25, 0.3) is 0 Å². The van der Waals surface area contributed by atoms with Gasteiger partial charge in [0.1, 0.15) is 23.2 Å². The minimum Gasteiger partial charge on any atom is -0.287 e. The third-order valence-electron chi connectivity index (χ3n) is 4.23. The second-order valence-corrected chi connectivity index (χ2v) is 10.1. The Hall–Kier alpha value is -1.76. The van der Waals surface area contributed by atoms with Crippen molar-refractivity contribution in [1.82, 2.24) is 0 Å². The number of halogens is 1. The summed E-state index contributed by atoms with van der Waals surface area (Å²) >= 11 is 3.12. The molecule has 0 radical (unpaired) electrons. The van der Waals surface area contributed by atoms with Crippen LogP contribution in [0, 0.1) is 0 Å². The first kappa shape index (κ1) is 17.1. The summed E-state index contributed by atoms with van der Waals surface area (Å²) in [6.45, 7) is 0. The molecule has 3 heteroatoms. The molecule has 0 saturated heterocycles. The lowest BCUT2D eigenvalue weighted by Gasteiger charge is -2.27. The van der Waals surface area contributed by atoms with Crippen molar-refractivity contribution in [3.8, 4) is 0 Å². The zero-order valence-electron chi connectivity index (χ0n) is 13.3. The Morgan fingerprint density at radius 1 is 0.667 bits per heavy atom. The second-order valence-electron chi connectivity index (χ2n) is 5.65. The minimum absolute atomic E-state index is 0.0645. The highest BCUT2D eigenvalue weighted by Gasteiger charge is 2.44. The minimum atomic E-state index is -1.86. The van der Waals surface area contributed by atoms with Crippen molar-refractivity contribution >= 4 is 43.8 Å². The van der Waals surface area contributed by atoms with Gasteiger partial charge in [0, 0.05) is 0 Å². The summed E-state index contributed by atoms with van der Waals surface area (Å²) in [5.41, 5.74) is 0. The molecule has 3 rings (SSSR count). The molecule has 0 fully saturated rings. The highest BCUT2D eigenvalue weighted by molar-refractivity contribution is 9.18. The maximum Gasteiger partial charge on any atom is 0.201 e. The summed E-state index contributed by atoms with van der Waals surface area (Å²) in [5, 5.41) is 3.95. The van der Waals surface area contributed by atoms with E-state index < -0.39 is 7.26 Å². The predicted molar refractivity (Wildman–Crippen MR) is 109 cm³/mol. The van der Waals surface area contributed by atoms with Crippen molar-refractivity contribution in [2.75, 3.05) is 6.16 Å². The van der Waals surface area contributed by atoms with E-state index in [1.165, 1.54) is 15.9 Å². The molecule has 24 heavy (non-hydrogen) atoms. The molecule has 0 aliphatic heterocycles. The van der Waals surface area contributed by atoms with Gasteiger partial charge in [0.2, 0.25) is 4.69 Å². The molecule has 0 amide bonds. The second kappa shape index (κ2) is 7.88. The summed E-state index contributed by atoms with van der Waals surface area (Å²) in [7, 11) is -1.86. The summed E-state index contributed by atoms with van der Waals surface area (Å²) in [6, 6.07) is 31.9. The van der Waals surface area contributed by atoms with Crippen LogP contribution in [0.15, 0.2) is 91.0 Å². The molecule has 0 heterocycles. The fourth-order valence-corrected chi connectivity index (χ4v) is 7.89. The first-order chi connectivity index (χ1) is 11.7. The van der Waals surface area contributed by atoms with E-state index in [-0.39, 0.29) is 4.69 Å². The first-order valence-corrected chi connectivity index (χ1v) is 10.7. The average molecular weight is 398 g/mol. The van der Waals surface area contributed by atoms with E-state index in [0.717, 1.165) is 6.16 Å². The van der Waals surface area contributed by atoms with E-state index >= 15 is 0 Å². The van der Waals surface area contributed by atoms with Crippen LogP contribution >= 0.6 is 23.2 Å². The summed E-state index contributed by atoms with van der Waals surface area (Å²) in [6.07, 6.45) is 1.35. The zero-order chi connectivity index (χ0) is 16.8. The largest absolute Gasteiger partial charge is 0.287 e. The van der Waals surface area contributed by atoms with Crippen molar-refractivity contribution < 1.29 is 4.79 Å². The monoisotopic (exact) mass is 397 g/mol. The van der Waals surface area contributed by atoms with E-state index in [1.807, 2.05) is 18.2 Å². The molecule has 0 atom stereocenters. The van der Waals surface area contributed by atoms with Gasteiger partial charge in [-0.15, -0.1) is 0 Å². The van der Waals surface area contributed by atoms with Crippen LogP contribution in [0.2, 0.25) is 0 Å². The van der Waals surface area contributed by atoms with Crippen molar-refractivity contribution in [2.24, 2.45) is 0 Å². The molecule has 0 bridgehead atoms. The van der Waals surface area contributed by atoms with Gasteiger partial charge in [-0.1, -0.05) is 54.6 Å². The van der Waals surface area contributed by atoms with E-state index in [0.29, 0.717) is 6.42 Å². The topological polar surface area (TPSA) is 17.1 Å². The quantitative estimate of drug-likeness (QED) is 0.447. The number of carbonyl (C=O) groups is 1. The van der Waals surface area contributed by atoms with Crippen molar-refractivity contribution in [3.05, 3.63) is 91.0 Å². The number of hydrogen-bond acceptors (Lipinski definition) is 1. The van der Waals surface area contributed by atoms with E-state index in [4.69, 9.17) is 0 Å². The van der Waals surface area contributed by atoms with Crippen LogP contribution < -0.4 is 15.9 Å². The predicted octanol–water partition coefficient (Wildman–Crippen LogP) is 4.29. The first-order valence-electron chi connectivity index (χ1n) is 7.97. The van der Waals surface area contributed by atoms with Gasteiger partial charge in [-0.3, -0.25) is 4.79 Å². The van der Waals surface area contributed by atoms with Crippen molar-refractivity contribution in [2.45, 2.75) is 6.42 Å². The molecule has 0 unspecified atom stereocenters. The van der Waals surface area contributed by atoms with Gasteiger partial charge in [0.15, 0.2) is 0 Å². The molecule has 120 valence electrons. The lowest BCUT2D eigenvalue weighted by atomic mass is 10.4. The van der Waals surface area contributed by atoms with Crippen LogP contribution in [0.25, 0.3) is 0 Å². The van der Waals surface area contributed by atoms with Crippen LogP contribution in [-0.2, 0) is 4.79 Å². The van der Waals surface area contributed by atoms with E-state index in [9.17, 15) is 4.79 Å². The highest BCUT2D eigenvalue weighted by atomic mass is 79.9. The van der Waals surface area contributed by atoms with Gasteiger partial charge in [0.05, 0.1) is 12.6 Å². The van der Waals surface area contributed by atoms with Crippen LogP contribution in [0.1, 0.15) is 6.42 Å². The SMILES string of the molecule is O=C(Br)CC[P+](c1ccccc1)(c1ccccc1)c1ccccc1. The normalized spacial score (nSPS) is 11.2. The lowest BCUT2D eigenvalue weighted by molar-refractivity contribution is -0.110. The lowest BCUT2D eigenvalue weighted by Crippen LogP contribution is -2.33. The maximum atomic E-state index is 11.7. The van der Waals surface area contributed by atoms with E-state index in [2.05, 4.69) is 88.7 Å². The molecule has 3 aromatic carbocycles. The zero-order valence-corrected chi connectivity index (χ0v) is 15.8. The third kappa shape index (κ3) is 3.50. The number of benzene rings is 3. The molecular weight excluding hydrogens is 379 g/mol. The number of carbonyl (C=O) groups excluding carboxylic acids is 1. The van der Waals surface area contributed by atoms with Crippen molar-refractivity contribution in [3.63, 3.8) is 0 Å². The molecule has 0 saturated carbocycles. The van der Waals surface area contributed by atoms with Crippen molar-refractivity contribution in [1.29, 1.82) is 0 Å². The summed E-state index contributed by atoms with van der Waals surface area (Å²) in [4.78, 5) is 11.7.